The maximum absolute atomic E-state index is 5.75. The van der Waals surface area contributed by atoms with E-state index >= 15 is 0 Å². The van der Waals surface area contributed by atoms with Crippen molar-refractivity contribution in [2.45, 2.75) is 10.9 Å². The number of nitrogens with zero attached hydrogens (tertiary/aromatic N) is 4. The van der Waals surface area contributed by atoms with Crippen LogP contribution in [0.5, 0.6) is 0 Å². The highest BCUT2D eigenvalue weighted by molar-refractivity contribution is 9.10. The minimum atomic E-state index is 0.515. The summed E-state index contributed by atoms with van der Waals surface area (Å²) in [4.78, 5) is 4.42. The van der Waals surface area contributed by atoms with Crippen molar-refractivity contribution in [1.29, 1.82) is 0 Å². The zero-order valence-electron chi connectivity index (χ0n) is 11.9. The van der Waals surface area contributed by atoms with Crippen molar-refractivity contribution in [2.24, 2.45) is 0 Å². The zero-order chi connectivity index (χ0) is 15.6. The van der Waals surface area contributed by atoms with Gasteiger partial charge in [-0.2, -0.15) is 0 Å². The third-order valence-corrected chi connectivity index (χ3v) is 4.94. The molecule has 0 N–H and O–H groups in total. The number of hydrogen-bond donors (Lipinski definition) is 0. The Hall–Kier alpha value is -2.12. The third kappa shape index (κ3) is 2.89. The smallest absolute Gasteiger partial charge is 0.248 e. The molecule has 4 rings (SSSR count). The highest BCUT2D eigenvalue weighted by Crippen LogP contribution is 2.28. The topological polar surface area (TPSA) is 56.2 Å². The Kier molecular flexibility index (Phi) is 3.88. The molecule has 114 valence electrons. The highest BCUT2D eigenvalue weighted by atomic mass is 79.9. The number of imidazole rings is 1. The lowest BCUT2D eigenvalue weighted by Crippen LogP contribution is -1.87. The molecule has 0 radical (unpaired) electrons. The Labute approximate surface area is 144 Å². The van der Waals surface area contributed by atoms with Gasteiger partial charge in [-0.05, 0) is 40.2 Å². The molecule has 0 spiro atoms. The minimum Gasteiger partial charge on any atom is -0.420 e. The van der Waals surface area contributed by atoms with Gasteiger partial charge in [0.15, 0.2) is 5.16 Å². The summed E-state index contributed by atoms with van der Waals surface area (Å²) in [5.41, 5.74) is 1.96. The van der Waals surface area contributed by atoms with Crippen molar-refractivity contribution in [2.75, 3.05) is 0 Å². The van der Waals surface area contributed by atoms with E-state index < -0.39 is 0 Å². The Bertz CT molecular complexity index is 965. The fourth-order valence-electron chi connectivity index (χ4n) is 2.21. The summed E-state index contributed by atoms with van der Waals surface area (Å²) in [6, 6.07) is 13.8. The molecule has 5 nitrogen and oxygen atoms in total. The zero-order valence-corrected chi connectivity index (χ0v) is 14.3. The SMILES string of the molecule is Brc1ccccc1-c1nnc(CSc2ncc3ccccn23)o1. The van der Waals surface area contributed by atoms with E-state index in [1.807, 2.05) is 59.3 Å². The van der Waals surface area contributed by atoms with Crippen LogP contribution in [0.25, 0.3) is 17.0 Å². The number of benzene rings is 1. The van der Waals surface area contributed by atoms with E-state index in [1.165, 1.54) is 0 Å². The van der Waals surface area contributed by atoms with Crippen LogP contribution in [0.15, 0.2) is 68.9 Å². The number of fused-ring (bicyclic) bond motifs is 1. The lowest BCUT2D eigenvalue weighted by molar-refractivity contribution is 0.528. The normalized spacial score (nSPS) is 11.2. The van der Waals surface area contributed by atoms with Crippen molar-refractivity contribution < 1.29 is 4.42 Å². The first-order valence-electron chi connectivity index (χ1n) is 6.93. The molecule has 0 bridgehead atoms. The summed E-state index contributed by atoms with van der Waals surface area (Å²) in [6.07, 6.45) is 3.84. The molecular formula is C16H11BrN4OS. The molecule has 0 amide bonds. The predicted octanol–water partition coefficient (Wildman–Crippen LogP) is 4.44. The van der Waals surface area contributed by atoms with E-state index in [1.54, 1.807) is 11.8 Å². The first kappa shape index (κ1) is 14.5. The molecule has 0 unspecified atom stereocenters. The van der Waals surface area contributed by atoms with Crippen LogP contribution in [0.1, 0.15) is 5.89 Å². The Morgan fingerprint density at radius 3 is 2.87 bits per heavy atom. The van der Waals surface area contributed by atoms with Crippen LogP contribution in [-0.2, 0) is 5.75 Å². The van der Waals surface area contributed by atoms with Crippen LogP contribution >= 0.6 is 27.7 Å². The van der Waals surface area contributed by atoms with Crippen molar-refractivity contribution in [3.05, 3.63) is 65.2 Å². The van der Waals surface area contributed by atoms with Gasteiger partial charge in [0, 0.05) is 10.7 Å². The molecule has 3 heterocycles. The fraction of sp³-hybridized carbons (Fsp3) is 0.0625. The molecule has 4 aromatic rings. The minimum absolute atomic E-state index is 0.515. The molecule has 0 saturated carbocycles. The van der Waals surface area contributed by atoms with Crippen molar-refractivity contribution in [1.82, 2.24) is 19.6 Å². The van der Waals surface area contributed by atoms with Crippen molar-refractivity contribution >= 4 is 33.2 Å². The Morgan fingerprint density at radius 1 is 1.09 bits per heavy atom. The number of thioether (sulfide) groups is 1. The maximum atomic E-state index is 5.75. The summed E-state index contributed by atoms with van der Waals surface area (Å²) in [5.74, 6) is 1.67. The molecule has 0 fully saturated rings. The Balaban J connectivity index is 1.53. The van der Waals surface area contributed by atoms with E-state index in [0.29, 0.717) is 17.5 Å². The lowest BCUT2D eigenvalue weighted by atomic mass is 10.2. The van der Waals surface area contributed by atoms with Crippen LogP contribution in [-0.4, -0.2) is 19.6 Å². The molecular weight excluding hydrogens is 376 g/mol. The molecule has 23 heavy (non-hydrogen) atoms. The van der Waals surface area contributed by atoms with E-state index in [2.05, 4.69) is 31.1 Å². The summed E-state index contributed by atoms with van der Waals surface area (Å²) in [5, 5.41) is 9.14. The summed E-state index contributed by atoms with van der Waals surface area (Å²) < 4.78 is 8.72. The molecule has 7 heteroatoms. The van der Waals surface area contributed by atoms with Crippen LogP contribution in [0.4, 0.5) is 0 Å². The molecule has 0 atom stereocenters. The van der Waals surface area contributed by atoms with Crippen LogP contribution in [0.3, 0.4) is 0 Å². The second kappa shape index (κ2) is 6.17. The largest absolute Gasteiger partial charge is 0.420 e. The molecule has 0 aliphatic heterocycles. The number of halogens is 1. The number of pyridine rings is 1. The number of rotatable bonds is 4. The Morgan fingerprint density at radius 2 is 1.96 bits per heavy atom. The quantitative estimate of drug-likeness (QED) is 0.485. The molecule has 1 aromatic carbocycles. The van der Waals surface area contributed by atoms with Gasteiger partial charge in [-0.15, -0.1) is 10.2 Å². The molecule has 0 aliphatic carbocycles. The first-order chi connectivity index (χ1) is 11.3. The van der Waals surface area contributed by atoms with Gasteiger partial charge < -0.3 is 4.42 Å². The van der Waals surface area contributed by atoms with E-state index in [0.717, 1.165) is 20.7 Å². The van der Waals surface area contributed by atoms with Gasteiger partial charge >= 0.3 is 0 Å². The predicted molar refractivity (Wildman–Crippen MR) is 92.2 cm³/mol. The summed E-state index contributed by atoms with van der Waals surface area (Å²) >= 11 is 5.06. The van der Waals surface area contributed by atoms with Gasteiger partial charge in [-0.1, -0.05) is 30.0 Å². The van der Waals surface area contributed by atoms with Gasteiger partial charge in [0.2, 0.25) is 11.8 Å². The average Bonchev–Trinajstić information content (AvgIpc) is 3.20. The lowest BCUT2D eigenvalue weighted by Gasteiger charge is -1.99. The number of hydrogen-bond acceptors (Lipinski definition) is 5. The van der Waals surface area contributed by atoms with E-state index in [4.69, 9.17) is 4.42 Å². The van der Waals surface area contributed by atoms with Crippen LogP contribution in [0, 0.1) is 0 Å². The molecule has 0 saturated heterocycles. The number of aromatic nitrogens is 4. The van der Waals surface area contributed by atoms with Crippen molar-refractivity contribution in [3.8, 4) is 11.5 Å². The van der Waals surface area contributed by atoms with E-state index in [9.17, 15) is 0 Å². The fourth-order valence-corrected chi connectivity index (χ4v) is 3.46. The van der Waals surface area contributed by atoms with E-state index in [-0.39, 0.29) is 0 Å². The van der Waals surface area contributed by atoms with Gasteiger partial charge in [-0.25, -0.2) is 4.98 Å². The summed E-state index contributed by atoms with van der Waals surface area (Å²) in [7, 11) is 0. The van der Waals surface area contributed by atoms with Gasteiger partial charge in [0.05, 0.1) is 23.0 Å². The monoisotopic (exact) mass is 386 g/mol. The molecule has 3 aromatic heterocycles. The van der Waals surface area contributed by atoms with Crippen LogP contribution in [0.2, 0.25) is 0 Å². The second-order valence-electron chi connectivity index (χ2n) is 4.81. The third-order valence-electron chi connectivity index (χ3n) is 3.30. The average molecular weight is 387 g/mol. The first-order valence-corrected chi connectivity index (χ1v) is 8.71. The van der Waals surface area contributed by atoms with Crippen LogP contribution < -0.4 is 0 Å². The van der Waals surface area contributed by atoms with Gasteiger partial charge in [0.1, 0.15) is 0 Å². The molecule has 0 aliphatic rings. The van der Waals surface area contributed by atoms with Gasteiger partial charge in [-0.3, -0.25) is 4.40 Å². The van der Waals surface area contributed by atoms with Crippen molar-refractivity contribution in [3.63, 3.8) is 0 Å². The second-order valence-corrected chi connectivity index (χ2v) is 6.60. The summed E-state index contributed by atoms with van der Waals surface area (Å²) in [6.45, 7) is 0. The standard InChI is InChI=1S/C16H11BrN4OS/c17-13-7-2-1-6-12(13)15-20-19-14(22-15)10-23-16-18-9-11-5-3-4-8-21(11)16/h1-9H,10H2. The highest BCUT2D eigenvalue weighted by Gasteiger charge is 2.12. The maximum Gasteiger partial charge on any atom is 0.248 e. The van der Waals surface area contributed by atoms with Gasteiger partial charge in [0.25, 0.3) is 0 Å².